The molecule has 0 aromatic carbocycles. The molecule has 1 aliphatic heterocycles. The van der Waals surface area contributed by atoms with E-state index >= 15 is 0 Å². The highest BCUT2D eigenvalue weighted by molar-refractivity contribution is 4.89. The lowest BCUT2D eigenvalue weighted by atomic mass is 9.69. The van der Waals surface area contributed by atoms with Gasteiger partial charge in [-0.2, -0.15) is 0 Å². The fourth-order valence-electron chi connectivity index (χ4n) is 4.40. The van der Waals surface area contributed by atoms with Gasteiger partial charge in [-0.25, -0.2) is 0 Å². The van der Waals surface area contributed by atoms with Gasteiger partial charge >= 0.3 is 0 Å². The van der Waals surface area contributed by atoms with Crippen LogP contribution in [0.5, 0.6) is 0 Å². The number of nitrogens with one attached hydrogen (secondary N) is 1. The molecule has 3 nitrogen and oxygen atoms in total. The van der Waals surface area contributed by atoms with Crippen LogP contribution in [0.15, 0.2) is 0 Å². The van der Waals surface area contributed by atoms with Gasteiger partial charge in [0.2, 0.25) is 0 Å². The molecule has 3 atom stereocenters. The lowest BCUT2D eigenvalue weighted by Gasteiger charge is -2.42. The fourth-order valence-corrected chi connectivity index (χ4v) is 4.40. The molecule has 0 bridgehead atoms. The molecule has 1 N–H and O–H groups in total. The van der Waals surface area contributed by atoms with Crippen LogP contribution in [0, 0.1) is 17.3 Å². The number of likely N-dealkylation sites (tertiary alicyclic amines) is 1. The van der Waals surface area contributed by atoms with Crippen LogP contribution in [-0.2, 0) is 0 Å². The number of nitrogens with zero attached hydrogens (tertiary/aromatic N) is 2. The van der Waals surface area contributed by atoms with Gasteiger partial charge in [-0.3, -0.25) is 0 Å². The maximum Gasteiger partial charge on any atom is 0.0105 e. The number of hydrogen-bond acceptors (Lipinski definition) is 3. The maximum absolute atomic E-state index is 3.56. The minimum absolute atomic E-state index is 0.534. The molecule has 1 saturated carbocycles. The van der Waals surface area contributed by atoms with E-state index in [2.05, 4.69) is 50.1 Å². The van der Waals surface area contributed by atoms with Gasteiger partial charge in [0.05, 0.1) is 0 Å². The number of rotatable bonds is 5. The quantitative estimate of drug-likeness (QED) is 0.834. The van der Waals surface area contributed by atoms with Gasteiger partial charge in [-0.05, 0) is 70.6 Å². The van der Waals surface area contributed by atoms with Crippen molar-refractivity contribution in [2.24, 2.45) is 17.3 Å². The average molecular weight is 281 g/mol. The Labute approximate surface area is 126 Å². The minimum Gasteiger partial charge on any atom is -0.317 e. The first kappa shape index (κ1) is 16.3. The molecular formula is C17H35N3. The fraction of sp³-hybridized carbons (Fsp3) is 1.00. The summed E-state index contributed by atoms with van der Waals surface area (Å²) < 4.78 is 0. The summed E-state index contributed by atoms with van der Waals surface area (Å²) in [4.78, 5) is 5.07. The Morgan fingerprint density at radius 2 is 2.00 bits per heavy atom. The van der Waals surface area contributed by atoms with E-state index in [1.807, 2.05) is 0 Å². The van der Waals surface area contributed by atoms with Crippen LogP contribution in [-0.4, -0.2) is 63.2 Å². The lowest BCUT2D eigenvalue weighted by molar-refractivity contribution is 0.107. The number of hydrogen-bond donors (Lipinski definition) is 1. The third-order valence-corrected chi connectivity index (χ3v) is 5.49. The monoisotopic (exact) mass is 281 g/mol. The second kappa shape index (κ2) is 6.76. The first-order chi connectivity index (χ1) is 9.39. The molecule has 3 unspecified atom stereocenters. The highest BCUT2D eigenvalue weighted by Gasteiger charge is 2.34. The van der Waals surface area contributed by atoms with Gasteiger partial charge in [0, 0.05) is 25.7 Å². The third-order valence-electron chi connectivity index (χ3n) is 5.49. The van der Waals surface area contributed by atoms with Crippen LogP contribution in [0.1, 0.15) is 39.5 Å². The summed E-state index contributed by atoms with van der Waals surface area (Å²) in [5.74, 6) is 1.70. The van der Waals surface area contributed by atoms with Gasteiger partial charge in [0.25, 0.3) is 0 Å². The highest BCUT2D eigenvalue weighted by Crippen LogP contribution is 2.39. The van der Waals surface area contributed by atoms with Crippen molar-refractivity contribution in [3.63, 3.8) is 0 Å². The van der Waals surface area contributed by atoms with Crippen molar-refractivity contribution in [2.75, 3.05) is 47.3 Å². The van der Waals surface area contributed by atoms with Gasteiger partial charge in [-0.1, -0.05) is 13.8 Å². The van der Waals surface area contributed by atoms with Crippen molar-refractivity contribution in [2.45, 2.75) is 45.6 Å². The zero-order valence-electron chi connectivity index (χ0n) is 14.3. The van der Waals surface area contributed by atoms with E-state index in [4.69, 9.17) is 0 Å². The molecule has 2 aliphatic rings. The minimum atomic E-state index is 0.534. The van der Waals surface area contributed by atoms with Gasteiger partial charge in [0.15, 0.2) is 0 Å². The normalized spacial score (nSPS) is 34.8. The smallest absolute Gasteiger partial charge is 0.0105 e. The van der Waals surface area contributed by atoms with E-state index < -0.39 is 0 Å². The largest absolute Gasteiger partial charge is 0.317 e. The summed E-state index contributed by atoms with van der Waals surface area (Å²) in [6, 6.07) is 0.719. The molecule has 0 amide bonds. The van der Waals surface area contributed by atoms with Crippen LogP contribution in [0.4, 0.5) is 0 Å². The van der Waals surface area contributed by atoms with Crippen molar-refractivity contribution < 1.29 is 0 Å². The van der Waals surface area contributed by atoms with Crippen molar-refractivity contribution in [3.05, 3.63) is 0 Å². The molecule has 1 heterocycles. The van der Waals surface area contributed by atoms with E-state index in [1.54, 1.807) is 0 Å². The molecule has 20 heavy (non-hydrogen) atoms. The van der Waals surface area contributed by atoms with Crippen LogP contribution >= 0.6 is 0 Å². The van der Waals surface area contributed by atoms with E-state index in [-0.39, 0.29) is 0 Å². The summed E-state index contributed by atoms with van der Waals surface area (Å²) in [6.45, 7) is 9.99. The molecule has 0 aromatic heterocycles. The van der Waals surface area contributed by atoms with Gasteiger partial charge in [0.1, 0.15) is 0 Å². The molecule has 1 saturated heterocycles. The summed E-state index contributed by atoms with van der Waals surface area (Å²) >= 11 is 0. The summed E-state index contributed by atoms with van der Waals surface area (Å²) in [5.41, 5.74) is 0.534. The molecule has 2 rings (SSSR count). The first-order valence-corrected chi connectivity index (χ1v) is 8.44. The SMILES string of the molecule is CNC1CCC(C)(C)CC1CN(C)CC1CCN(C)C1. The molecular weight excluding hydrogens is 246 g/mol. The van der Waals surface area contributed by atoms with Crippen molar-refractivity contribution >= 4 is 0 Å². The molecule has 1 aliphatic carbocycles. The topological polar surface area (TPSA) is 18.5 Å². The van der Waals surface area contributed by atoms with E-state index in [0.717, 1.165) is 17.9 Å². The summed E-state index contributed by atoms with van der Waals surface area (Å²) in [6.07, 6.45) is 5.46. The summed E-state index contributed by atoms with van der Waals surface area (Å²) in [5, 5.41) is 3.56. The second-order valence-corrected chi connectivity index (χ2v) is 8.20. The molecule has 0 aromatic rings. The Bertz CT molecular complexity index is 303. The predicted molar refractivity (Wildman–Crippen MR) is 87.1 cm³/mol. The van der Waals surface area contributed by atoms with Crippen LogP contribution in [0.3, 0.4) is 0 Å². The van der Waals surface area contributed by atoms with Gasteiger partial charge < -0.3 is 15.1 Å². The van der Waals surface area contributed by atoms with Crippen molar-refractivity contribution in [1.82, 2.24) is 15.1 Å². The Balaban J connectivity index is 1.83. The van der Waals surface area contributed by atoms with Gasteiger partial charge in [-0.15, -0.1) is 0 Å². The van der Waals surface area contributed by atoms with Crippen LogP contribution in [0.25, 0.3) is 0 Å². The molecule has 0 radical (unpaired) electrons. The standard InChI is InChI=1S/C17H35N3/c1-17(2)8-6-16(18-3)15(10-17)13-20(5)12-14-7-9-19(4)11-14/h14-16,18H,6-13H2,1-5H3. The Morgan fingerprint density at radius 1 is 1.25 bits per heavy atom. The van der Waals surface area contributed by atoms with Crippen LogP contribution in [0.2, 0.25) is 0 Å². The molecule has 3 heteroatoms. The van der Waals surface area contributed by atoms with Crippen LogP contribution < -0.4 is 5.32 Å². The zero-order valence-corrected chi connectivity index (χ0v) is 14.3. The van der Waals surface area contributed by atoms with Crippen molar-refractivity contribution in [1.29, 1.82) is 0 Å². The predicted octanol–water partition coefficient (Wildman–Crippen LogP) is 2.28. The summed E-state index contributed by atoms with van der Waals surface area (Å²) in [7, 11) is 6.72. The Hall–Kier alpha value is -0.120. The molecule has 118 valence electrons. The second-order valence-electron chi connectivity index (χ2n) is 8.20. The van der Waals surface area contributed by atoms with E-state index in [1.165, 1.54) is 51.9 Å². The van der Waals surface area contributed by atoms with E-state index in [0.29, 0.717) is 5.41 Å². The maximum atomic E-state index is 3.56. The molecule has 0 spiro atoms. The highest BCUT2D eigenvalue weighted by atomic mass is 15.2. The first-order valence-electron chi connectivity index (χ1n) is 8.44. The Kier molecular flexibility index (Phi) is 5.49. The third kappa shape index (κ3) is 4.44. The molecule has 2 fully saturated rings. The van der Waals surface area contributed by atoms with E-state index in [9.17, 15) is 0 Å². The lowest BCUT2D eigenvalue weighted by Crippen LogP contribution is -2.46. The van der Waals surface area contributed by atoms with Crippen molar-refractivity contribution in [3.8, 4) is 0 Å². The Morgan fingerprint density at radius 3 is 2.60 bits per heavy atom. The average Bonchev–Trinajstić information content (AvgIpc) is 2.73. The zero-order chi connectivity index (χ0) is 14.8.